The van der Waals surface area contributed by atoms with E-state index in [1.807, 2.05) is 7.05 Å². The third kappa shape index (κ3) is 3.42. The molecular weight excluding hydrogens is 216 g/mol. The number of carbonyl (C=O) groups is 1. The summed E-state index contributed by atoms with van der Waals surface area (Å²) in [5.41, 5.74) is -0.748. The lowest BCUT2D eigenvalue weighted by Gasteiger charge is -2.34. The number of carboxylic acid groups (broad SMARTS) is 1. The van der Waals surface area contributed by atoms with Gasteiger partial charge in [-0.1, -0.05) is 20.3 Å². The number of nitrogens with zero attached hydrogens (tertiary/aromatic N) is 1. The molecule has 1 saturated carbocycles. The predicted octanol–water partition coefficient (Wildman–Crippen LogP) is 1.42. The molecule has 1 fully saturated rings. The quantitative estimate of drug-likeness (QED) is 0.676. The van der Waals surface area contributed by atoms with E-state index in [2.05, 4.69) is 24.1 Å². The molecule has 4 heteroatoms. The summed E-state index contributed by atoms with van der Waals surface area (Å²) in [6.45, 7) is 5.92. The van der Waals surface area contributed by atoms with E-state index in [1.54, 1.807) is 7.05 Å². The van der Waals surface area contributed by atoms with Crippen molar-refractivity contribution in [2.75, 3.05) is 27.2 Å². The molecule has 4 nitrogen and oxygen atoms in total. The van der Waals surface area contributed by atoms with Gasteiger partial charge in [-0.3, -0.25) is 4.79 Å². The molecule has 0 aromatic carbocycles. The minimum atomic E-state index is -0.748. The lowest BCUT2D eigenvalue weighted by molar-refractivity contribution is -0.146. The van der Waals surface area contributed by atoms with Gasteiger partial charge in [0.05, 0.1) is 0 Å². The molecule has 0 radical (unpaired) electrons. The van der Waals surface area contributed by atoms with Crippen molar-refractivity contribution in [1.29, 1.82) is 0 Å². The first-order chi connectivity index (χ1) is 7.96. The highest BCUT2D eigenvalue weighted by Crippen LogP contribution is 2.40. The molecule has 0 aromatic heterocycles. The number of aliphatic carboxylic acids is 1. The third-order valence-corrected chi connectivity index (χ3v) is 3.94. The second kappa shape index (κ2) is 5.83. The van der Waals surface area contributed by atoms with Gasteiger partial charge in [0.25, 0.3) is 0 Å². The van der Waals surface area contributed by atoms with Crippen LogP contribution in [-0.2, 0) is 4.79 Å². The Morgan fingerprint density at radius 2 is 2.18 bits per heavy atom. The van der Waals surface area contributed by atoms with Crippen LogP contribution in [0.5, 0.6) is 0 Å². The minimum Gasteiger partial charge on any atom is -0.480 e. The van der Waals surface area contributed by atoms with Crippen LogP contribution in [0.3, 0.4) is 0 Å². The molecule has 0 spiro atoms. The van der Waals surface area contributed by atoms with Crippen LogP contribution in [0.1, 0.15) is 33.1 Å². The van der Waals surface area contributed by atoms with Crippen molar-refractivity contribution in [2.45, 2.75) is 38.6 Å². The summed E-state index contributed by atoms with van der Waals surface area (Å²) < 4.78 is 0. The van der Waals surface area contributed by atoms with E-state index < -0.39 is 11.5 Å². The normalized spacial score (nSPS) is 21.2. The maximum atomic E-state index is 11.5. The highest BCUT2D eigenvalue weighted by Gasteiger charge is 2.50. The maximum Gasteiger partial charge on any atom is 0.325 e. The van der Waals surface area contributed by atoms with E-state index in [0.717, 1.165) is 25.8 Å². The number of likely N-dealkylation sites (N-methyl/N-ethyl adjacent to an activating group) is 2. The molecule has 2 atom stereocenters. The van der Waals surface area contributed by atoms with Gasteiger partial charge in [-0.2, -0.15) is 0 Å². The van der Waals surface area contributed by atoms with Crippen molar-refractivity contribution in [3.8, 4) is 0 Å². The fraction of sp³-hybridized carbons (Fsp3) is 0.923. The largest absolute Gasteiger partial charge is 0.480 e. The molecule has 17 heavy (non-hydrogen) atoms. The summed E-state index contributed by atoms with van der Waals surface area (Å²) >= 11 is 0. The van der Waals surface area contributed by atoms with Gasteiger partial charge in [0.1, 0.15) is 5.54 Å². The molecule has 0 amide bonds. The fourth-order valence-corrected chi connectivity index (χ4v) is 2.49. The highest BCUT2D eigenvalue weighted by atomic mass is 16.4. The zero-order chi connectivity index (χ0) is 13.1. The van der Waals surface area contributed by atoms with Crippen LogP contribution in [0, 0.1) is 11.8 Å². The summed E-state index contributed by atoms with van der Waals surface area (Å²) in [6, 6.07) is 0. The van der Waals surface area contributed by atoms with Gasteiger partial charge in [-0.15, -0.1) is 0 Å². The Balaban J connectivity index is 2.63. The zero-order valence-corrected chi connectivity index (χ0v) is 11.5. The standard InChI is InChI=1S/C13H26N2O2/c1-5-10(2)8-15(4)9-13(14-3,12(16)17)11-6-7-11/h10-11,14H,5-9H2,1-4H3,(H,16,17). The summed E-state index contributed by atoms with van der Waals surface area (Å²) in [5.74, 6) is 0.199. The summed E-state index contributed by atoms with van der Waals surface area (Å²) in [4.78, 5) is 13.7. The van der Waals surface area contributed by atoms with Crippen LogP contribution in [0.25, 0.3) is 0 Å². The lowest BCUT2D eigenvalue weighted by Crippen LogP contribution is -2.59. The smallest absolute Gasteiger partial charge is 0.325 e. The van der Waals surface area contributed by atoms with E-state index in [-0.39, 0.29) is 0 Å². The SMILES string of the molecule is CCC(C)CN(C)CC(NC)(C(=O)O)C1CC1. The van der Waals surface area contributed by atoms with Gasteiger partial charge < -0.3 is 15.3 Å². The molecule has 2 N–H and O–H groups in total. The maximum absolute atomic E-state index is 11.5. The first-order valence-electron chi connectivity index (χ1n) is 6.57. The van der Waals surface area contributed by atoms with Crippen LogP contribution >= 0.6 is 0 Å². The number of hydrogen-bond donors (Lipinski definition) is 2. The molecule has 1 rings (SSSR count). The van der Waals surface area contributed by atoms with Crippen LogP contribution < -0.4 is 5.32 Å². The van der Waals surface area contributed by atoms with Crippen molar-refractivity contribution in [3.05, 3.63) is 0 Å². The van der Waals surface area contributed by atoms with Gasteiger partial charge >= 0.3 is 5.97 Å². The Kier molecular flexibility index (Phi) is 4.95. The van der Waals surface area contributed by atoms with E-state index in [1.165, 1.54) is 0 Å². The van der Waals surface area contributed by atoms with Gasteiger partial charge in [-0.05, 0) is 38.8 Å². The molecule has 0 saturated heterocycles. The lowest BCUT2D eigenvalue weighted by atomic mass is 9.92. The molecule has 0 heterocycles. The topological polar surface area (TPSA) is 52.6 Å². The van der Waals surface area contributed by atoms with Crippen molar-refractivity contribution in [3.63, 3.8) is 0 Å². The van der Waals surface area contributed by atoms with Crippen molar-refractivity contribution < 1.29 is 9.90 Å². The van der Waals surface area contributed by atoms with Gasteiger partial charge in [0, 0.05) is 13.1 Å². The Morgan fingerprint density at radius 1 is 1.59 bits per heavy atom. The molecule has 0 bridgehead atoms. The molecule has 100 valence electrons. The van der Waals surface area contributed by atoms with E-state index >= 15 is 0 Å². The van der Waals surface area contributed by atoms with E-state index in [4.69, 9.17) is 0 Å². The van der Waals surface area contributed by atoms with Gasteiger partial charge in [-0.25, -0.2) is 0 Å². The molecular formula is C13H26N2O2. The number of rotatable bonds is 8. The van der Waals surface area contributed by atoms with Crippen LogP contribution in [0.2, 0.25) is 0 Å². The monoisotopic (exact) mass is 242 g/mol. The van der Waals surface area contributed by atoms with E-state index in [9.17, 15) is 9.90 Å². The molecule has 0 aliphatic heterocycles. The van der Waals surface area contributed by atoms with Crippen LogP contribution in [0.4, 0.5) is 0 Å². The Hall–Kier alpha value is -0.610. The first-order valence-corrected chi connectivity index (χ1v) is 6.57. The molecule has 1 aliphatic carbocycles. The Morgan fingerprint density at radius 3 is 2.53 bits per heavy atom. The second-order valence-electron chi connectivity index (χ2n) is 5.51. The van der Waals surface area contributed by atoms with Crippen molar-refractivity contribution >= 4 is 5.97 Å². The molecule has 2 unspecified atom stereocenters. The van der Waals surface area contributed by atoms with Crippen molar-refractivity contribution in [1.82, 2.24) is 10.2 Å². The molecule has 1 aliphatic rings. The third-order valence-electron chi connectivity index (χ3n) is 3.94. The number of nitrogens with one attached hydrogen (secondary N) is 1. The zero-order valence-electron chi connectivity index (χ0n) is 11.5. The highest BCUT2D eigenvalue weighted by molar-refractivity contribution is 5.80. The summed E-state index contributed by atoms with van der Waals surface area (Å²) in [5, 5.41) is 12.5. The molecule has 0 aromatic rings. The fourth-order valence-electron chi connectivity index (χ4n) is 2.49. The summed E-state index contributed by atoms with van der Waals surface area (Å²) in [6.07, 6.45) is 3.20. The number of carboxylic acids is 1. The van der Waals surface area contributed by atoms with E-state index in [0.29, 0.717) is 18.4 Å². The first kappa shape index (κ1) is 14.5. The number of hydrogen-bond acceptors (Lipinski definition) is 3. The average Bonchev–Trinajstić information content (AvgIpc) is 3.09. The van der Waals surface area contributed by atoms with Crippen molar-refractivity contribution in [2.24, 2.45) is 11.8 Å². The summed E-state index contributed by atoms with van der Waals surface area (Å²) in [7, 11) is 3.78. The van der Waals surface area contributed by atoms with Crippen LogP contribution in [0.15, 0.2) is 0 Å². The van der Waals surface area contributed by atoms with Crippen LogP contribution in [-0.4, -0.2) is 48.7 Å². The van der Waals surface area contributed by atoms with Gasteiger partial charge in [0.2, 0.25) is 0 Å². The minimum absolute atomic E-state index is 0.296. The Labute approximate surface area is 104 Å². The predicted molar refractivity (Wildman–Crippen MR) is 69.1 cm³/mol. The second-order valence-corrected chi connectivity index (χ2v) is 5.51. The Bertz CT molecular complexity index is 266. The van der Waals surface area contributed by atoms with Gasteiger partial charge in [0.15, 0.2) is 0 Å². The average molecular weight is 242 g/mol.